The molecular formula is C20H14N2O7. The Kier molecular flexibility index (Phi) is 5.79. The number of rotatable bonds is 7. The van der Waals surface area contributed by atoms with E-state index in [0.29, 0.717) is 17.1 Å². The van der Waals surface area contributed by atoms with Gasteiger partial charge in [-0.3, -0.25) is 20.2 Å². The maximum atomic E-state index is 12.2. The third-order valence-electron chi connectivity index (χ3n) is 3.92. The van der Waals surface area contributed by atoms with Crippen LogP contribution in [0.4, 0.5) is 11.4 Å². The number of hydrogen-bond donors (Lipinski definition) is 0. The molecule has 146 valence electrons. The SMILES string of the molecule is O=C(OCc1ccccc1[N+](=O)[O-])c1ccc(Oc2ccc([N+](=O)[O-])cc2)cc1. The van der Waals surface area contributed by atoms with E-state index in [0.717, 1.165) is 0 Å². The number of carbonyl (C=O) groups excluding carboxylic acids is 1. The van der Waals surface area contributed by atoms with Gasteiger partial charge in [-0.2, -0.15) is 0 Å². The van der Waals surface area contributed by atoms with Crippen molar-refractivity contribution in [3.05, 3.63) is 104 Å². The molecule has 0 saturated carbocycles. The lowest BCUT2D eigenvalue weighted by atomic mass is 10.2. The van der Waals surface area contributed by atoms with Crippen molar-refractivity contribution in [2.75, 3.05) is 0 Å². The lowest BCUT2D eigenvalue weighted by molar-refractivity contribution is -0.385. The first-order chi connectivity index (χ1) is 13.9. The van der Waals surface area contributed by atoms with E-state index in [1.165, 1.54) is 54.6 Å². The molecule has 0 N–H and O–H groups in total. The zero-order valence-corrected chi connectivity index (χ0v) is 14.9. The maximum Gasteiger partial charge on any atom is 0.338 e. The van der Waals surface area contributed by atoms with Crippen molar-refractivity contribution < 1.29 is 24.1 Å². The predicted octanol–water partition coefficient (Wildman–Crippen LogP) is 4.65. The summed E-state index contributed by atoms with van der Waals surface area (Å²) in [6.45, 7) is -0.225. The molecule has 0 aliphatic rings. The Hall–Kier alpha value is -4.27. The van der Waals surface area contributed by atoms with Crippen LogP contribution in [-0.4, -0.2) is 15.8 Å². The molecule has 29 heavy (non-hydrogen) atoms. The molecule has 9 heteroatoms. The van der Waals surface area contributed by atoms with Crippen LogP contribution in [-0.2, 0) is 11.3 Å². The van der Waals surface area contributed by atoms with Gasteiger partial charge in [-0.05, 0) is 42.5 Å². The second kappa shape index (κ2) is 8.61. The largest absolute Gasteiger partial charge is 0.457 e. The highest BCUT2D eigenvalue weighted by molar-refractivity contribution is 5.89. The Morgan fingerprint density at radius 1 is 0.793 bits per heavy atom. The van der Waals surface area contributed by atoms with Gasteiger partial charge in [0.05, 0.1) is 21.0 Å². The van der Waals surface area contributed by atoms with E-state index in [2.05, 4.69) is 0 Å². The summed E-state index contributed by atoms with van der Waals surface area (Å²) < 4.78 is 10.7. The van der Waals surface area contributed by atoms with Gasteiger partial charge in [-0.25, -0.2) is 4.79 Å². The van der Waals surface area contributed by atoms with Crippen molar-refractivity contribution in [1.29, 1.82) is 0 Å². The molecule has 0 aromatic heterocycles. The highest BCUT2D eigenvalue weighted by atomic mass is 16.6. The van der Waals surface area contributed by atoms with Crippen LogP contribution in [0.3, 0.4) is 0 Å². The number of carbonyl (C=O) groups is 1. The molecule has 0 heterocycles. The number of ether oxygens (including phenoxy) is 2. The Bertz CT molecular complexity index is 1050. The normalized spacial score (nSPS) is 10.2. The van der Waals surface area contributed by atoms with Gasteiger partial charge >= 0.3 is 5.97 Å². The molecule has 0 radical (unpaired) electrons. The van der Waals surface area contributed by atoms with Crippen molar-refractivity contribution >= 4 is 17.3 Å². The fraction of sp³-hybridized carbons (Fsp3) is 0.0500. The standard InChI is InChI=1S/C20H14N2O7/c23-20(28-13-15-3-1-2-4-19(15)22(26)27)14-5-9-17(10-6-14)29-18-11-7-16(8-12-18)21(24)25/h1-12H,13H2. The number of esters is 1. The van der Waals surface area contributed by atoms with Gasteiger partial charge < -0.3 is 9.47 Å². The van der Waals surface area contributed by atoms with Crippen molar-refractivity contribution in [1.82, 2.24) is 0 Å². The average Bonchev–Trinajstić information content (AvgIpc) is 2.73. The molecule has 0 spiro atoms. The van der Waals surface area contributed by atoms with Crippen molar-refractivity contribution in [3.8, 4) is 11.5 Å². The van der Waals surface area contributed by atoms with Gasteiger partial charge in [0, 0.05) is 18.2 Å². The van der Waals surface area contributed by atoms with Crippen LogP contribution >= 0.6 is 0 Å². The molecule has 3 aromatic rings. The van der Waals surface area contributed by atoms with E-state index >= 15 is 0 Å². The van der Waals surface area contributed by atoms with E-state index in [1.807, 2.05) is 0 Å². The first kappa shape index (κ1) is 19.5. The number of hydrogen-bond acceptors (Lipinski definition) is 7. The highest BCUT2D eigenvalue weighted by Gasteiger charge is 2.15. The second-order valence-electron chi connectivity index (χ2n) is 5.84. The van der Waals surface area contributed by atoms with Crippen LogP contribution in [0.1, 0.15) is 15.9 Å². The van der Waals surface area contributed by atoms with Crippen molar-refractivity contribution in [2.24, 2.45) is 0 Å². The van der Waals surface area contributed by atoms with Gasteiger partial charge in [0.15, 0.2) is 0 Å². The minimum Gasteiger partial charge on any atom is -0.457 e. The molecule has 0 atom stereocenters. The Labute approximate surface area is 164 Å². The number of nitro groups is 2. The summed E-state index contributed by atoms with van der Waals surface area (Å²) in [6.07, 6.45) is 0. The molecule has 0 aliphatic heterocycles. The highest BCUT2D eigenvalue weighted by Crippen LogP contribution is 2.24. The van der Waals surface area contributed by atoms with Crippen molar-refractivity contribution in [2.45, 2.75) is 6.61 Å². The summed E-state index contributed by atoms with van der Waals surface area (Å²) >= 11 is 0. The van der Waals surface area contributed by atoms with E-state index in [9.17, 15) is 25.0 Å². The van der Waals surface area contributed by atoms with Gasteiger partial charge in [0.1, 0.15) is 18.1 Å². The van der Waals surface area contributed by atoms with E-state index in [4.69, 9.17) is 9.47 Å². The predicted molar refractivity (Wildman–Crippen MR) is 102 cm³/mol. The fourth-order valence-corrected chi connectivity index (χ4v) is 2.47. The Morgan fingerprint density at radius 3 is 1.97 bits per heavy atom. The summed E-state index contributed by atoms with van der Waals surface area (Å²) in [5, 5.41) is 21.6. The number of benzene rings is 3. The van der Waals surface area contributed by atoms with Gasteiger partial charge in [-0.15, -0.1) is 0 Å². The summed E-state index contributed by atoms with van der Waals surface area (Å²) in [7, 11) is 0. The molecule has 3 rings (SSSR count). The molecular weight excluding hydrogens is 380 g/mol. The lowest BCUT2D eigenvalue weighted by Gasteiger charge is -2.08. The third-order valence-corrected chi connectivity index (χ3v) is 3.92. The monoisotopic (exact) mass is 394 g/mol. The van der Waals surface area contributed by atoms with Crippen LogP contribution < -0.4 is 4.74 Å². The van der Waals surface area contributed by atoms with Crippen LogP contribution in [0, 0.1) is 20.2 Å². The molecule has 9 nitrogen and oxygen atoms in total. The fourth-order valence-electron chi connectivity index (χ4n) is 2.47. The average molecular weight is 394 g/mol. The second-order valence-corrected chi connectivity index (χ2v) is 5.84. The topological polar surface area (TPSA) is 122 Å². The Morgan fingerprint density at radius 2 is 1.38 bits per heavy atom. The lowest BCUT2D eigenvalue weighted by Crippen LogP contribution is -2.06. The van der Waals surface area contributed by atoms with E-state index in [1.54, 1.807) is 18.2 Å². The Balaban J connectivity index is 1.61. The molecule has 0 amide bonds. The smallest absolute Gasteiger partial charge is 0.338 e. The van der Waals surface area contributed by atoms with Gasteiger partial charge in [0.25, 0.3) is 11.4 Å². The first-order valence-corrected chi connectivity index (χ1v) is 8.36. The number of nitrogens with zero attached hydrogens (tertiary/aromatic N) is 2. The molecule has 0 aliphatic carbocycles. The van der Waals surface area contributed by atoms with Crippen LogP contribution in [0.2, 0.25) is 0 Å². The number of nitro benzene ring substituents is 2. The molecule has 0 bridgehead atoms. The molecule has 0 unspecified atom stereocenters. The first-order valence-electron chi connectivity index (χ1n) is 8.36. The summed E-state index contributed by atoms with van der Waals surface area (Å²) in [5.41, 5.74) is 0.379. The molecule has 0 fully saturated rings. The summed E-state index contributed by atoms with van der Waals surface area (Å²) in [5.74, 6) is 0.196. The van der Waals surface area contributed by atoms with Gasteiger partial charge in [-0.1, -0.05) is 12.1 Å². The maximum absolute atomic E-state index is 12.2. The van der Waals surface area contributed by atoms with E-state index in [-0.39, 0.29) is 23.5 Å². The minimum absolute atomic E-state index is 0.0471. The summed E-state index contributed by atoms with van der Waals surface area (Å²) in [4.78, 5) is 32.8. The van der Waals surface area contributed by atoms with Crippen LogP contribution in [0.25, 0.3) is 0 Å². The molecule has 3 aromatic carbocycles. The van der Waals surface area contributed by atoms with Crippen LogP contribution in [0.5, 0.6) is 11.5 Å². The van der Waals surface area contributed by atoms with E-state index < -0.39 is 15.8 Å². The summed E-state index contributed by atoms with van der Waals surface area (Å²) in [6, 6.07) is 17.7. The third kappa shape index (κ3) is 4.92. The minimum atomic E-state index is -0.634. The van der Waals surface area contributed by atoms with Crippen molar-refractivity contribution in [3.63, 3.8) is 0 Å². The zero-order valence-electron chi connectivity index (χ0n) is 14.9. The van der Waals surface area contributed by atoms with Gasteiger partial charge in [0.2, 0.25) is 0 Å². The zero-order chi connectivity index (χ0) is 20.8. The number of non-ortho nitro benzene ring substituents is 1. The quantitative estimate of drug-likeness (QED) is 0.325. The number of para-hydroxylation sites is 1. The van der Waals surface area contributed by atoms with Crippen LogP contribution in [0.15, 0.2) is 72.8 Å². The molecule has 0 saturated heterocycles.